The second-order valence-corrected chi connectivity index (χ2v) is 4.94. The van der Waals surface area contributed by atoms with Gasteiger partial charge in [0.1, 0.15) is 0 Å². The largest absolute Gasteiger partial charge is 0.460 e. The van der Waals surface area contributed by atoms with Gasteiger partial charge in [-0.15, -0.1) is 0 Å². The molecule has 1 aromatic rings. The van der Waals surface area contributed by atoms with Crippen LogP contribution in [0.2, 0.25) is 0 Å². The quantitative estimate of drug-likeness (QED) is 0.406. The van der Waals surface area contributed by atoms with Crippen LogP contribution in [0.4, 0.5) is 8.78 Å². The fourth-order valence-electron chi connectivity index (χ4n) is 1.76. The Bertz CT molecular complexity index is 454. The van der Waals surface area contributed by atoms with Gasteiger partial charge in [0.25, 0.3) is 0 Å². The molecule has 0 unspecified atom stereocenters. The smallest absolute Gasteiger partial charge is 0.456 e. The summed E-state index contributed by atoms with van der Waals surface area (Å²) in [4.78, 5) is 10.9. The van der Waals surface area contributed by atoms with Crippen LogP contribution >= 0.6 is 0 Å². The van der Waals surface area contributed by atoms with Crippen molar-refractivity contribution < 1.29 is 32.5 Å². The first-order valence-corrected chi connectivity index (χ1v) is 7.94. The summed E-state index contributed by atoms with van der Waals surface area (Å²) < 4.78 is 45.4. The molecule has 136 valence electrons. The third kappa shape index (κ3) is 8.90. The van der Waals surface area contributed by atoms with Crippen molar-refractivity contribution in [1.29, 1.82) is 0 Å². The zero-order valence-corrected chi connectivity index (χ0v) is 13.8. The summed E-state index contributed by atoms with van der Waals surface area (Å²) in [5, 5.41) is 0. The molecule has 0 amide bonds. The van der Waals surface area contributed by atoms with Crippen LogP contribution in [-0.2, 0) is 30.3 Å². The van der Waals surface area contributed by atoms with E-state index < -0.39 is 12.1 Å². The minimum Gasteiger partial charge on any atom is -0.460 e. The van der Waals surface area contributed by atoms with Crippen LogP contribution in [0, 0.1) is 0 Å². The van der Waals surface area contributed by atoms with E-state index in [-0.39, 0.29) is 26.2 Å². The van der Waals surface area contributed by atoms with Crippen molar-refractivity contribution in [2.24, 2.45) is 0 Å². The van der Waals surface area contributed by atoms with Crippen LogP contribution in [-0.4, -0.2) is 45.1 Å². The first-order chi connectivity index (χ1) is 11.6. The van der Waals surface area contributed by atoms with Crippen LogP contribution in [0.15, 0.2) is 30.3 Å². The number of rotatable bonds is 13. The molecule has 5 nitrogen and oxygen atoms in total. The van der Waals surface area contributed by atoms with E-state index in [2.05, 4.69) is 9.47 Å². The van der Waals surface area contributed by atoms with E-state index in [1.54, 1.807) is 0 Å². The van der Waals surface area contributed by atoms with Crippen molar-refractivity contribution in [3.05, 3.63) is 35.9 Å². The zero-order chi connectivity index (χ0) is 17.7. The zero-order valence-electron chi connectivity index (χ0n) is 13.8. The number of hydrogen-bond acceptors (Lipinski definition) is 5. The van der Waals surface area contributed by atoms with Gasteiger partial charge in [-0.1, -0.05) is 30.3 Å². The molecule has 0 saturated carbocycles. The molecule has 0 aliphatic rings. The Kier molecular flexibility index (Phi) is 10.1. The van der Waals surface area contributed by atoms with E-state index in [0.717, 1.165) is 5.56 Å². The maximum atomic E-state index is 13.1. The molecule has 0 saturated heterocycles. The second-order valence-electron chi connectivity index (χ2n) is 4.94. The fraction of sp³-hybridized carbons (Fsp3) is 0.588. The molecule has 1 rings (SSSR count). The van der Waals surface area contributed by atoms with Crippen LogP contribution in [0.3, 0.4) is 0 Å². The third-order valence-electron chi connectivity index (χ3n) is 2.92. The van der Waals surface area contributed by atoms with Gasteiger partial charge in [0.2, 0.25) is 0 Å². The topological polar surface area (TPSA) is 54.0 Å². The van der Waals surface area contributed by atoms with Gasteiger partial charge < -0.3 is 18.9 Å². The molecular weight excluding hydrogens is 322 g/mol. The molecule has 0 fully saturated rings. The van der Waals surface area contributed by atoms with E-state index >= 15 is 0 Å². The van der Waals surface area contributed by atoms with Crippen LogP contribution in [0.25, 0.3) is 0 Å². The SMILES string of the molecule is CCOC(=O)C(F)(F)OCCCOCCCOCc1ccccc1. The average Bonchev–Trinajstić information content (AvgIpc) is 2.57. The number of alkyl halides is 2. The molecule has 0 atom stereocenters. The maximum Gasteiger partial charge on any atom is 0.456 e. The van der Waals surface area contributed by atoms with Crippen molar-refractivity contribution in [2.45, 2.75) is 32.5 Å². The van der Waals surface area contributed by atoms with Gasteiger partial charge in [0.15, 0.2) is 0 Å². The van der Waals surface area contributed by atoms with Gasteiger partial charge in [-0.05, 0) is 25.3 Å². The van der Waals surface area contributed by atoms with Crippen LogP contribution in [0.1, 0.15) is 25.3 Å². The summed E-state index contributed by atoms with van der Waals surface area (Å²) in [7, 11) is 0. The summed E-state index contributed by atoms with van der Waals surface area (Å²) in [6, 6.07) is 9.83. The number of carbonyl (C=O) groups excluding carboxylic acids is 1. The number of ether oxygens (including phenoxy) is 4. The van der Waals surface area contributed by atoms with E-state index in [9.17, 15) is 13.6 Å². The lowest BCUT2D eigenvalue weighted by Crippen LogP contribution is -2.34. The van der Waals surface area contributed by atoms with Gasteiger partial charge in [0, 0.05) is 19.8 Å². The predicted molar refractivity (Wildman–Crippen MR) is 83.7 cm³/mol. The van der Waals surface area contributed by atoms with Crippen molar-refractivity contribution in [2.75, 3.05) is 33.0 Å². The number of benzene rings is 1. The minimum atomic E-state index is -3.90. The molecule has 0 bridgehead atoms. The molecule has 0 aliphatic heterocycles. The average molecular weight is 346 g/mol. The summed E-state index contributed by atoms with van der Waals surface area (Å²) >= 11 is 0. The van der Waals surface area contributed by atoms with Gasteiger partial charge in [0.05, 0.1) is 19.8 Å². The van der Waals surface area contributed by atoms with E-state index in [0.29, 0.717) is 26.2 Å². The van der Waals surface area contributed by atoms with Gasteiger partial charge in [-0.3, -0.25) is 0 Å². The van der Waals surface area contributed by atoms with Crippen molar-refractivity contribution in [1.82, 2.24) is 0 Å². The number of halogens is 2. The fourth-order valence-corrected chi connectivity index (χ4v) is 1.76. The summed E-state index contributed by atoms with van der Waals surface area (Å²) in [5.74, 6) is -1.67. The Morgan fingerprint density at radius 2 is 1.62 bits per heavy atom. The summed E-state index contributed by atoms with van der Waals surface area (Å²) in [6.07, 6.45) is -2.92. The minimum absolute atomic E-state index is 0.118. The monoisotopic (exact) mass is 346 g/mol. The highest BCUT2D eigenvalue weighted by Crippen LogP contribution is 2.17. The van der Waals surface area contributed by atoms with Gasteiger partial charge >= 0.3 is 12.1 Å². The molecule has 0 spiro atoms. The van der Waals surface area contributed by atoms with Crippen LogP contribution in [0.5, 0.6) is 0 Å². The molecular formula is C17H24F2O5. The van der Waals surface area contributed by atoms with Gasteiger partial charge in [-0.25, -0.2) is 4.79 Å². The summed E-state index contributed by atoms with van der Waals surface area (Å²) in [5.41, 5.74) is 1.11. The molecule has 0 aromatic heterocycles. The third-order valence-corrected chi connectivity index (χ3v) is 2.92. The van der Waals surface area contributed by atoms with Gasteiger partial charge in [-0.2, -0.15) is 8.78 Å². The predicted octanol–water partition coefficient (Wildman–Crippen LogP) is 3.17. The number of esters is 1. The Morgan fingerprint density at radius 3 is 2.29 bits per heavy atom. The lowest BCUT2D eigenvalue weighted by atomic mass is 10.2. The van der Waals surface area contributed by atoms with Crippen molar-refractivity contribution >= 4 is 5.97 Å². The van der Waals surface area contributed by atoms with E-state index in [4.69, 9.17) is 9.47 Å². The molecule has 0 radical (unpaired) electrons. The van der Waals surface area contributed by atoms with Crippen molar-refractivity contribution in [3.8, 4) is 0 Å². The first-order valence-electron chi connectivity index (χ1n) is 7.94. The lowest BCUT2D eigenvalue weighted by Gasteiger charge is -2.14. The second kappa shape index (κ2) is 11.9. The highest BCUT2D eigenvalue weighted by Gasteiger charge is 2.42. The van der Waals surface area contributed by atoms with Crippen molar-refractivity contribution in [3.63, 3.8) is 0 Å². The lowest BCUT2D eigenvalue weighted by molar-refractivity contribution is -0.250. The molecule has 0 aliphatic carbocycles. The number of carbonyl (C=O) groups is 1. The molecule has 0 heterocycles. The highest BCUT2D eigenvalue weighted by molar-refractivity contribution is 5.75. The Balaban J connectivity index is 1.92. The molecule has 24 heavy (non-hydrogen) atoms. The molecule has 0 N–H and O–H groups in total. The van der Waals surface area contributed by atoms with Crippen LogP contribution < -0.4 is 0 Å². The summed E-state index contributed by atoms with van der Waals surface area (Å²) in [6.45, 7) is 2.92. The van der Waals surface area contributed by atoms with E-state index in [1.165, 1.54) is 6.92 Å². The highest BCUT2D eigenvalue weighted by atomic mass is 19.3. The number of hydrogen-bond donors (Lipinski definition) is 0. The molecule has 1 aromatic carbocycles. The normalized spacial score (nSPS) is 11.5. The Labute approximate surface area is 140 Å². The standard InChI is InChI=1S/C17H24F2O5/c1-2-23-16(20)17(18,19)24-13-7-11-21-10-6-12-22-14-15-8-4-3-5-9-15/h3-5,8-9H,2,6-7,10-14H2,1H3. The Morgan fingerprint density at radius 1 is 1.00 bits per heavy atom. The first kappa shape index (κ1) is 20.5. The Hall–Kier alpha value is -1.57. The molecule has 7 heteroatoms. The van der Waals surface area contributed by atoms with E-state index in [1.807, 2.05) is 30.3 Å². The maximum absolute atomic E-state index is 13.1.